The highest BCUT2D eigenvalue weighted by Crippen LogP contribution is 2.44. The van der Waals surface area contributed by atoms with Crippen LogP contribution >= 0.6 is 11.3 Å². The van der Waals surface area contributed by atoms with Crippen molar-refractivity contribution < 1.29 is 4.42 Å². The number of fused-ring (bicyclic) bond motifs is 6. The molecule has 0 aliphatic rings. The van der Waals surface area contributed by atoms with Crippen molar-refractivity contribution >= 4 is 53.4 Å². The second-order valence-electron chi connectivity index (χ2n) is 12.4. The molecule has 0 fully saturated rings. The first-order chi connectivity index (χ1) is 24.8. The summed E-state index contributed by atoms with van der Waals surface area (Å²) >= 11 is 1.84. The lowest BCUT2D eigenvalue weighted by Crippen LogP contribution is -1.97. The highest BCUT2D eigenvalue weighted by atomic mass is 32.1. The molecule has 234 valence electrons. The molecule has 4 aromatic heterocycles. The summed E-state index contributed by atoms with van der Waals surface area (Å²) in [6.07, 6.45) is 3.69. The summed E-state index contributed by atoms with van der Waals surface area (Å²) in [4.78, 5) is 14.8. The van der Waals surface area contributed by atoms with Gasteiger partial charge in [0.25, 0.3) is 0 Å². The molecule has 0 unspecified atom stereocenters. The lowest BCUT2D eigenvalue weighted by Gasteiger charge is -2.13. The fourth-order valence-electron chi connectivity index (χ4n) is 7.08. The smallest absolute Gasteiger partial charge is 0.160 e. The predicted octanol–water partition coefficient (Wildman–Crippen LogP) is 12.5. The van der Waals surface area contributed by atoms with Crippen LogP contribution in [0.1, 0.15) is 0 Å². The molecule has 0 bridgehead atoms. The molecule has 0 spiro atoms. The summed E-state index contributed by atoms with van der Waals surface area (Å²) < 4.78 is 9.32. The molecule has 0 N–H and O–H groups in total. The second kappa shape index (κ2) is 11.6. The van der Waals surface area contributed by atoms with Gasteiger partial charge in [0, 0.05) is 65.6 Å². The summed E-state index contributed by atoms with van der Waals surface area (Å²) in [5, 5.41) is 4.74. The van der Waals surface area contributed by atoms with Gasteiger partial charge in [-0.1, -0.05) is 115 Å². The first-order valence-corrected chi connectivity index (χ1v) is 17.4. The van der Waals surface area contributed by atoms with E-state index >= 15 is 0 Å². The number of nitrogens with zero attached hydrogens (tertiary/aromatic N) is 3. The Bertz CT molecular complexity index is 2870. The van der Waals surface area contributed by atoms with Gasteiger partial charge in [0.2, 0.25) is 0 Å². The zero-order chi connectivity index (χ0) is 33.0. The van der Waals surface area contributed by atoms with E-state index in [2.05, 4.69) is 120 Å². The third kappa shape index (κ3) is 4.71. The maximum Gasteiger partial charge on any atom is 0.160 e. The minimum Gasteiger partial charge on any atom is -0.455 e. The number of thiophene rings is 1. The molecule has 4 heterocycles. The minimum absolute atomic E-state index is 0.655. The van der Waals surface area contributed by atoms with Gasteiger partial charge in [-0.05, 0) is 53.1 Å². The van der Waals surface area contributed by atoms with E-state index in [4.69, 9.17) is 14.4 Å². The second-order valence-corrected chi connectivity index (χ2v) is 13.5. The maximum absolute atomic E-state index is 6.75. The Morgan fingerprint density at radius 2 is 1.16 bits per heavy atom. The Hall–Kier alpha value is -6.43. The molecule has 0 radical (unpaired) electrons. The Kier molecular flexibility index (Phi) is 6.64. The molecule has 0 saturated heterocycles. The van der Waals surface area contributed by atoms with Gasteiger partial charge in [-0.3, -0.25) is 4.98 Å². The highest BCUT2D eigenvalue weighted by molar-refractivity contribution is 7.25. The average molecular weight is 658 g/mol. The summed E-state index contributed by atoms with van der Waals surface area (Å²) in [7, 11) is 0. The van der Waals surface area contributed by atoms with Crippen molar-refractivity contribution in [2.45, 2.75) is 0 Å². The molecule has 10 aromatic rings. The van der Waals surface area contributed by atoms with E-state index in [0.29, 0.717) is 5.82 Å². The Labute approximate surface area is 292 Å². The Morgan fingerprint density at radius 1 is 0.460 bits per heavy atom. The monoisotopic (exact) mass is 657 g/mol. The van der Waals surface area contributed by atoms with E-state index in [0.717, 1.165) is 72.3 Å². The number of aromatic nitrogens is 3. The van der Waals surface area contributed by atoms with Gasteiger partial charge in [0.15, 0.2) is 5.82 Å². The molecule has 10 rings (SSSR count). The van der Waals surface area contributed by atoms with Crippen molar-refractivity contribution in [1.82, 2.24) is 15.0 Å². The standard InChI is InChI=1S/C45H27N3OS/c1-2-11-28(12-3-1)45-47-38(33-15-5-4-14-31(33)30-13-10-24-46-27-30)26-39(48-45)36-23-22-32(43-37-17-6-8-18-40(37)49-44(36)43)29-20-21-35-34-16-7-9-19-41(34)50-42(35)25-29/h1-27H. The summed E-state index contributed by atoms with van der Waals surface area (Å²) in [5.41, 5.74) is 10.5. The van der Waals surface area contributed by atoms with Crippen molar-refractivity contribution in [2.75, 3.05) is 0 Å². The molecule has 0 aliphatic heterocycles. The first kappa shape index (κ1) is 28.6. The van der Waals surface area contributed by atoms with Crippen LogP contribution in [0.2, 0.25) is 0 Å². The third-order valence-electron chi connectivity index (χ3n) is 9.43. The van der Waals surface area contributed by atoms with Crippen LogP contribution in [0.3, 0.4) is 0 Å². The SMILES string of the molecule is c1ccc(-c2nc(-c3ccccc3-c3cccnc3)cc(-c3ccc(-c4ccc5c(c4)sc4ccccc45)c4c3oc3ccccc34)n2)cc1. The van der Waals surface area contributed by atoms with Gasteiger partial charge in [0.05, 0.1) is 11.4 Å². The van der Waals surface area contributed by atoms with Gasteiger partial charge < -0.3 is 4.42 Å². The molecule has 4 nitrogen and oxygen atoms in total. The average Bonchev–Trinajstić information content (AvgIpc) is 3.77. The van der Waals surface area contributed by atoms with E-state index < -0.39 is 0 Å². The highest BCUT2D eigenvalue weighted by Gasteiger charge is 2.21. The van der Waals surface area contributed by atoms with Crippen molar-refractivity contribution in [3.8, 4) is 56.2 Å². The number of pyridine rings is 1. The quantitative estimate of drug-likeness (QED) is 0.185. The van der Waals surface area contributed by atoms with E-state index in [1.165, 1.54) is 20.2 Å². The molecule has 6 aromatic carbocycles. The van der Waals surface area contributed by atoms with Crippen LogP contribution in [0.4, 0.5) is 0 Å². The molecular weight excluding hydrogens is 631 g/mol. The van der Waals surface area contributed by atoms with Gasteiger partial charge in [-0.15, -0.1) is 11.3 Å². The number of benzene rings is 6. The molecule has 0 saturated carbocycles. The zero-order valence-electron chi connectivity index (χ0n) is 26.7. The van der Waals surface area contributed by atoms with Crippen molar-refractivity contribution in [3.05, 3.63) is 164 Å². The van der Waals surface area contributed by atoms with Crippen LogP contribution in [-0.2, 0) is 0 Å². The van der Waals surface area contributed by atoms with E-state index in [1.807, 2.05) is 53.9 Å². The molecule has 0 atom stereocenters. The van der Waals surface area contributed by atoms with Crippen molar-refractivity contribution in [1.29, 1.82) is 0 Å². The molecule has 50 heavy (non-hydrogen) atoms. The molecule has 0 aliphatic carbocycles. The normalized spacial score (nSPS) is 11.6. The number of rotatable bonds is 5. The number of hydrogen-bond acceptors (Lipinski definition) is 5. The maximum atomic E-state index is 6.75. The van der Waals surface area contributed by atoms with Crippen molar-refractivity contribution in [2.24, 2.45) is 0 Å². The topological polar surface area (TPSA) is 51.8 Å². The lowest BCUT2D eigenvalue weighted by molar-refractivity contribution is 0.670. The van der Waals surface area contributed by atoms with Crippen LogP contribution in [0.25, 0.3) is 98.3 Å². The van der Waals surface area contributed by atoms with Crippen LogP contribution < -0.4 is 0 Å². The van der Waals surface area contributed by atoms with Crippen LogP contribution in [0.5, 0.6) is 0 Å². The largest absolute Gasteiger partial charge is 0.455 e. The summed E-state index contributed by atoms with van der Waals surface area (Å²) in [6, 6.07) is 52.8. The fourth-order valence-corrected chi connectivity index (χ4v) is 8.23. The van der Waals surface area contributed by atoms with Gasteiger partial charge in [-0.25, -0.2) is 9.97 Å². The van der Waals surface area contributed by atoms with Gasteiger partial charge >= 0.3 is 0 Å². The Balaban J connectivity index is 1.22. The minimum atomic E-state index is 0.655. The third-order valence-corrected chi connectivity index (χ3v) is 10.6. The van der Waals surface area contributed by atoms with E-state index in [-0.39, 0.29) is 0 Å². The predicted molar refractivity (Wildman–Crippen MR) is 207 cm³/mol. The van der Waals surface area contributed by atoms with Crippen LogP contribution in [0.15, 0.2) is 168 Å². The fraction of sp³-hybridized carbons (Fsp3) is 0. The lowest BCUT2D eigenvalue weighted by atomic mass is 9.94. The molecule has 5 heteroatoms. The number of hydrogen-bond donors (Lipinski definition) is 0. The molecular formula is C45H27N3OS. The Morgan fingerprint density at radius 3 is 2.02 bits per heavy atom. The van der Waals surface area contributed by atoms with Gasteiger partial charge in [0.1, 0.15) is 11.2 Å². The van der Waals surface area contributed by atoms with Crippen LogP contribution in [-0.4, -0.2) is 15.0 Å². The van der Waals surface area contributed by atoms with E-state index in [1.54, 1.807) is 6.20 Å². The number of para-hydroxylation sites is 1. The summed E-state index contributed by atoms with van der Waals surface area (Å²) in [5.74, 6) is 0.655. The van der Waals surface area contributed by atoms with Crippen LogP contribution in [0, 0.1) is 0 Å². The van der Waals surface area contributed by atoms with E-state index in [9.17, 15) is 0 Å². The molecule has 0 amide bonds. The number of furan rings is 1. The first-order valence-electron chi connectivity index (χ1n) is 16.6. The van der Waals surface area contributed by atoms with Crippen molar-refractivity contribution in [3.63, 3.8) is 0 Å². The zero-order valence-corrected chi connectivity index (χ0v) is 27.6. The summed E-state index contributed by atoms with van der Waals surface area (Å²) in [6.45, 7) is 0. The van der Waals surface area contributed by atoms with Gasteiger partial charge in [-0.2, -0.15) is 0 Å².